The van der Waals surface area contributed by atoms with Crippen LogP contribution in [0.15, 0.2) is 36.4 Å². The third-order valence-corrected chi connectivity index (χ3v) is 6.66. The van der Waals surface area contributed by atoms with Crippen LogP contribution < -0.4 is 10.1 Å². The van der Waals surface area contributed by atoms with E-state index in [1.54, 1.807) is 13.2 Å². The Balaban J connectivity index is 1.81. The molecule has 188 valence electrons. The number of imidazole rings is 1. The minimum Gasteiger partial charge on any atom is -0.491 e. The molecule has 2 aromatic carbocycles. The smallest absolute Gasteiger partial charge is 0.336 e. The number of carboxylic acid groups (broad SMARTS) is 1. The maximum absolute atomic E-state index is 11.9. The van der Waals surface area contributed by atoms with E-state index in [4.69, 9.17) is 14.5 Å². The molecule has 0 amide bonds. The molecular formula is C28H37N3O4. The number of aromatic carboxylic acids is 1. The number of hydrogen-bond acceptors (Lipinski definition) is 5. The van der Waals surface area contributed by atoms with Gasteiger partial charge in [0.15, 0.2) is 0 Å². The van der Waals surface area contributed by atoms with E-state index < -0.39 is 5.97 Å². The molecule has 2 unspecified atom stereocenters. The predicted octanol–water partition coefficient (Wildman–Crippen LogP) is 6.80. The minimum atomic E-state index is -0.976. The molecule has 1 heterocycles. The van der Waals surface area contributed by atoms with E-state index in [0.29, 0.717) is 17.0 Å². The summed E-state index contributed by atoms with van der Waals surface area (Å²) in [5.41, 5.74) is 3.58. The van der Waals surface area contributed by atoms with E-state index in [2.05, 4.69) is 30.7 Å². The number of nitrogens with one attached hydrogen (secondary N) is 1. The van der Waals surface area contributed by atoms with Gasteiger partial charge in [0.25, 0.3) is 0 Å². The summed E-state index contributed by atoms with van der Waals surface area (Å²) in [6.45, 7) is 11.2. The Morgan fingerprint density at radius 2 is 1.94 bits per heavy atom. The van der Waals surface area contributed by atoms with Crippen molar-refractivity contribution in [1.29, 1.82) is 0 Å². The largest absolute Gasteiger partial charge is 0.491 e. The quantitative estimate of drug-likeness (QED) is 0.370. The summed E-state index contributed by atoms with van der Waals surface area (Å²) in [4.78, 5) is 16.8. The van der Waals surface area contributed by atoms with Gasteiger partial charge in [-0.15, -0.1) is 0 Å². The van der Waals surface area contributed by atoms with Crippen molar-refractivity contribution in [3.63, 3.8) is 0 Å². The lowest BCUT2D eigenvalue weighted by atomic mass is 9.70. The average Bonchev–Trinajstić information content (AvgIpc) is 3.09. The van der Waals surface area contributed by atoms with Gasteiger partial charge in [-0.1, -0.05) is 20.8 Å². The lowest BCUT2D eigenvalue weighted by Crippen LogP contribution is -2.29. The highest BCUT2D eigenvalue weighted by Gasteiger charge is 2.35. The van der Waals surface area contributed by atoms with Crippen molar-refractivity contribution >= 4 is 28.6 Å². The number of methoxy groups -OCH3 is 1. The van der Waals surface area contributed by atoms with E-state index in [1.807, 2.05) is 44.2 Å². The molecule has 1 aliphatic carbocycles. The molecule has 1 aliphatic rings. The van der Waals surface area contributed by atoms with Crippen LogP contribution in [0.4, 0.5) is 11.6 Å². The monoisotopic (exact) mass is 479 g/mol. The number of hydrogen-bond donors (Lipinski definition) is 2. The van der Waals surface area contributed by atoms with Crippen molar-refractivity contribution in [2.75, 3.05) is 12.4 Å². The van der Waals surface area contributed by atoms with Gasteiger partial charge in [0.05, 0.1) is 29.3 Å². The van der Waals surface area contributed by atoms with E-state index >= 15 is 0 Å². The van der Waals surface area contributed by atoms with Gasteiger partial charge >= 0.3 is 5.97 Å². The van der Waals surface area contributed by atoms with Gasteiger partial charge in [-0.3, -0.25) is 0 Å². The normalized spacial score (nSPS) is 19.7. The molecule has 0 radical (unpaired) electrons. The summed E-state index contributed by atoms with van der Waals surface area (Å²) in [5, 5.41) is 13.3. The standard InChI is InChI=1S/C28H37N3O4/c1-17(2)35-22-9-7-20(8-10-22)29-27-30-24-13-23(26(32)33)19(16-34-6)12-25(24)31(27)21-11-18(3)14-28(4,5)15-21/h7-10,12-13,17-18,21H,11,14-16H2,1-6H3,(H,29,30)(H,32,33). The van der Waals surface area contributed by atoms with E-state index in [-0.39, 0.29) is 29.7 Å². The first-order chi connectivity index (χ1) is 16.6. The zero-order valence-corrected chi connectivity index (χ0v) is 21.6. The highest BCUT2D eigenvalue weighted by molar-refractivity contribution is 5.95. The first-order valence-corrected chi connectivity index (χ1v) is 12.4. The molecule has 0 spiro atoms. The fourth-order valence-corrected chi connectivity index (χ4v) is 5.63. The molecule has 1 saturated carbocycles. The molecule has 0 saturated heterocycles. The van der Waals surface area contributed by atoms with Gasteiger partial charge in [-0.05, 0) is 86.4 Å². The van der Waals surface area contributed by atoms with E-state index in [9.17, 15) is 9.90 Å². The van der Waals surface area contributed by atoms with Crippen molar-refractivity contribution in [3.05, 3.63) is 47.5 Å². The molecule has 35 heavy (non-hydrogen) atoms. The molecule has 1 aromatic heterocycles. The second-order valence-corrected chi connectivity index (χ2v) is 10.9. The maximum Gasteiger partial charge on any atom is 0.336 e. The summed E-state index contributed by atoms with van der Waals surface area (Å²) in [5.74, 6) is 1.14. The number of nitrogens with zero attached hydrogens (tertiary/aromatic N) is 2. The Morgan fingerprint density at radius 1 is 1.23 bits per heavy atom. The molecule has 2 atom stereocenters. The van der Waals surface area contributed by atoms with Crippen molar-refractivity contribution < 1.29 is 19.4 Å². The number of aromatic nitrogens is 2. The predicted molar refractivity (Wildman–Crippen MR) is 139 cm³/mol. The molecule has 7 nitrogen and oxygen atoms in total. The first-order valence-electron chi connectivity index (χ1n) is 12.4. The van der Waals surface area contributed by atoms with Crippen molar-refractivity contribution in [2.45, 2.75) is 72.6 Å². The third-order valence-electron chi connectivity index (χ3n) is 6.66. The molecule has 4 rings (SSSR count). The Bertz CT molecular complexity index is 1200. The van der Waals surface area contributed by atoms with Gasteiger partial charge in [0.1, 0.15) is 5.75 Å². The second kappa shape index (κ2) is 9.90. The van der Waals surface area contributed by atoms with Crippen LogP contribution in [-0.4, -0.2) is 33.8 Å². The molecule has 3 aromatic rings. The van der Waals surface area contributed by atoms with Gasteiger partial charge in [0.2, 0.25) is 5.95 Å². The summed E-state index contributed by atoms with van der Waals surface area (Å²) in [6, 6.07) is 11.7. The van der Waals surface area contributed by atoms with Crippen molar-refractivity contribution in [2.24, 2.45) is 11.3 Å². The summed E-state index contributed by atoms with van der Waals surface area (Å²) < 4.78 is 13.4. The van der Waals surface area contributed by atoms with Crippen LogP contribution in [0, 0.1) is 11.3 Å². The molecule has 2 N–H and O–H groups in total. The fraction of sp³-hybridized carbons (Fsp3) is 0.500. The SMILES string of the molecule is COCc1cc2c(cc1C(=O)O)nc(Nc1ccc(OC(C)C)cc1)n2C1CC(C)CC(C)(C)C1. The van der Waals surface area contributed by atoms with Crippen molar-refractivity contribution in [1.82, 2.24) is 9.55 Å². The van der Waals surface area contributed by atoms with Crippen LogP contribution in [0.25, 0.3) is 11.0 Å². The van der Waals surface area contributed by atoms with Crippen molar-refractivity contribution in [3.8, 4) is 5.75 Å². The zero-order chi connectivity index (χ0) is 25.3. The van der Waals surface area contributed by atoms with Gasteiger partial charge in [0, 0.05) is 18.8 Å². The fourth-order valence-electron chi connectivity index (χ4n) is 5.63. The zero-order valence-electron chi connectivity index (χ0n) is 21.6. The topological polar surface area (TPSA) is 85.6 Å². The lowest BCUT2D eigenvalue weighted by Gasteiger charge is -2.40. The number of ether oxygens (including phenoxy) is 2. The van der Waals surface area contributed by atoms with Crippen LogP contribution in [0.3, 0.4) is 0 Å². The van der Waals surface area contributed by atoms with Gasteiger partial charge in [-0.2, -0.15) is 0 Å². The summed E-state index contributed by atoms with van der Waals surface area (Å²) >= 11 is 0. The average molecular weight is 480 g/mol. The number of benzene rings is 2. The molecule has 1 fully saturated rings. The number of anilines is 2. The Morgan fingerprint density at radius 3 is 2.54 bits per heavy atom. The van der Waals surface area contributed by atoms with Crippen LogP contribution in [0.1, 0.15) is 75.8 Å². The second-order valence-electron chi connectivity index (χ2n) is 10.9. The highest BCUT2D eigenvalue weighted by Crippen LogP contribution is 2.46. The number of carbonyl (C=O) groups is 1. The highest BCUT2D eigenvalue weighted by atomic mass is 16.5. The van der Waals surface area contributed by atoms with Gasteiger partial charge < -0.3 is 24.5 Å². The molecular weight excluding hydrogens is 442 g/mol. The maximum atomic E-state index is 11.9. The Labute approximate surface area is 207 Å². The first kappa shape index (κ1) is 25.0. The van der Waals surface area contributed by atoms with Crippen LogP contribution >= 0.6 is 0 Å². The van der Waals surface area contributed by atoms with E-state index in [1.165, 1.54) is 6.42 Å². The van der Waals surface area contributed by atoms with E-state index in [0.717, 1.165) is 35.7 Å². The molecule has 0 aliphatic heterocycles. The Hall–Kier alpha value is -3.06. The molecule has 0 bridgehead atoms. The third kappa shape index (κ3) is 5.61. The number of fused-ring (bicyclic) bond motifs is 1. The molecule has 7 heteroatoms. The lowest BCUT2D eigenvalue weighted by molar-refractivity contribution is 0.0692. The van der Waals surface area contributed by atoms with Crippen LogP contribution in [-0.2, 0) is 11.3 Å². The summed E-state index contributed by atoms with van der Waals surface area (Å²) in [6.07, 6.45) is 3.37. The minimum absolute atomic E-state index is 0.111. The number of rotatable bonds is 8. The van der Waals surface area contributed by atoms with Crippen LogP contribution in [0.2, 0.25) is 0 Å². The number of carboxylic acids is 1. The summed E-state index contributed by atoms with van der Waals surface area (Å²) in [7, 11) is 1.58. The van der Waals surface area contributed by atoms with Gasteiger partial charge in [-0.25, -0.2) is 9.78 Å². The Kier molecular flexibility index (Phi) is 7.08. The van der Waals surface area contributed by atoms with Crippen LogP contribution in [0.5, 0.6) is 5.75 Å².